The molecule has 3 amide bonds. The second-order valence-electron chi connectivity index (χ2n) is 12.0. The van der Waals surface area contributed by atoms with Gasteiger partial charge in [0.15, 0.2) is 0 Å². The zero-order valence-corrected chi connectivity index (χ0v) is 24.7. The maximum Gasteiger partial charge on any atom is 0.264 e. The van der Waals surface area contributed by atoms with Crippen molar-refractivity contribution in [1.29, 1.82) is 0 Å². The summed E-state index contributed by atoms with van der Waals surface area (Å²) >= 11 is 0. The Balaban J connectivity index is 0.986. The van der Waals surface area contributed by atoms with Crippen LogP contribution in [0, 0.1) is 0 Å². The standard InChI is InChI=1S/C33H34N4O5S/c38-31-11-10-30(32(39)34-31)36-21-26-19-25(8-9-28(26)33(36)40)23-12-15-35(16-13-23)20-22-4-3-6-27(18-22)43(41,42)37-17-14-24-5-1-2-7-29(24)37/h1-9,18-19,23,30H,10-17,20-21H2,(H,34,38,39). The van der Waals surface area contributed by atoms with Crippen molar-refractivity contribution in [2.45, 2.75) is 62.0 Å². The Morgan fingerprint density at radius 3 is 2.44 bits per heavy atom. The summed E-state index contributed by atoms with van der Waals surface area (Å²) in [6.07, 6.45) is 3.26. The van der Waals surface area contributed by atoms with Crippen molar-refractivity contribution in [2.75, 3.05) is 23.9 Å². The number of piperidine rings is 2. The molecular weight excluding hydrogens is 564 g/mol. The van der Waals surface area contributed by atoms with Crippen LogP contribution in [0.4, 0.5) is 5.69 Å². The summed E-state index contributed by atoms with van der Waals surface area (Å²) in [6, 6.07) is 20.5. The van der Waals surface area contributed by atoms with E-state index in [9.17, 15) is 22.8 Å². The largest absolute Gasteiger partial charge is 0.322 e. The van der Waals surface area contributed by atoms with Crippen molar-refractivity contribution in [2.24, 2.45) is 0 Å². The summed E-state index contributed by atoms with van der Waals surface area (Å²) in [6.45, 7) is 3.31. The fraction of sp³-hybridized carbons (Fsp3) is 0.364. The third-order valence-corrected chi connectivity index (χ3v) is 11.2. The first kappa shape index (κ1) is 27.8. The maximum atomic E-state index is 13.5. The number of hydrogen-bond donors (Lipinski definition) is 1. The number of para-hydroxylation sites is 1. The molecule has 0 aliphatic carbocycles. The fourth-order valence-corrected chi connectivity index (χ4v) is 8.59. The monoisotopic (exact) mass is 598 g/mol. The molecule has 3 aromatic rings. The molecule has 9 nitrogen and oxygen atoms in total. The number of sulfonamides is 1. The molecule has 2 fully saturated rings. The van der Waals surface area contributed by atoms with Gasteiger partial charge in [0.2, 0.25) is 11.8 Å². The van der Waals surface area contributed by atoms with Crippen molar-refractivity contribution in [1.82, 2.24) is 15.1 Å². The predicted molar refractivity (Wildman–Crippen MR) is 161 cm³/mol. The number of anilines is 1. The number of fused-ring (bicyclic) bond motifs is 2. The molecule has 2 saturated heterocycles. The lowest BCUT2D eigenvalue weighted by atomic mass is 9.87. The van der Waals surface area contributed by atoms with E-state index in [0.29, 0.717) is 42.4 Å². The summed E-state index contributed by atoms with van der Waals surface area (Å²) < 4.78 is 28.6. The molecule has 0 spiro atoms. The van der Waals surface area contributed by atoms with Gasteiger partial charge in [0, 0.05) is 31.6 Å². The molecular formula is C33H34N4O5S. The van der Waals surface area contributed by atoms with Gasteiger partial charge in [-0.25, -0.2) is 8.42 Å². The lowest BCUT2D eigenvalue weighted by Crippen LogP contribution is -2.52. The predicted octanol–water partition coefficient (Wildman–Crippen LogP) is 3.58. The van der Waals surface area contributed by atoms with Gasteiger partial charge in [-0.1, -0.05) is 42.5 Å². The molecule has 0 radical (unpaired) electrons. The van der Waals surface area contributed by atoms with E-state index >= 15 is 0 Å². The number of benzene rings is 3. The van der Waals surface area contributed by atoms with E-state index in [2.05, 4.69) is 16.3 Å². The fourth-order valence-electron chi connectivity index (χ4n) is 7.02. The van der Waals surface area contributed by atoms with E-state index in [0.717, 1.165) is 54.7 Å². The number of nitrogens with one attached hydrogen (secondary N) is 1. The van der Waals surface area contributed by atoms with Crippen molar-refractivity contribution in [3.8, 4) is 0 Å². The van der Waals surface area contributed by atoms with Crippen LogP contribution < -0.4 is 9.62 Å². The molecule has 7 rings (SSSR count). The van der Waals surface area contributed by atoms with Crippen LogP contribution in [0.2, 0.25) is 0 Å². The summed E-state index contributed by atoms with van der Waals surface area (Å²) in [5, 5.41) is 2.36. The Morgan fingerprint density at radius 2 is 1.63 bits per heavy atom. The molecule has 0 aromatic heterocycles. The number of imide groups is 1. The number of amides is 3. The van der Waals surface area contributed by atoms with Crippen LogP contribution in [-0.4, -0.2) is 61.6 Å². The van der Waals surface area contributed by atoms with Gasteiger partial charge >= 0.3 is 0 Å². The SMILES string of the molecule is O=C1CCC(N2Cc3cc(C4CCN(Cc5cccc(S(=O)(=O)N6CCc7ccccc76)c5)CC4)ccc3C2=O)C(=O)N1. The molecule has 222 valence electrons. The summed E-state index contributed by atoms with van der Waals surface area (Å²) in [4.78, 5) is 41.3. The minimum Gasteiger partial charge on any atom is -0.322 e. The molecule has 4 aliphatic heterocycles. The molecule has 1 N–H and O–H groups in total. The number of carbonyl (C=O) groups is 3. The van der Waals surface area contributed by atoms with Gasteiger partial charge in [-0.3, -0.25) is 28.9 Å². The lowest BCUT2D eigenvalue weighted by Gasteiger charge is -2.32. The van der Waals surface area contributed by atoms with Crippen LogP contribution in [0.5, 0.6) is 0 Å². The smallest absolute Gasteiger partial charge is 0.264 e. The van der Waals surface area contributed by atoms with E-state index in [1.165, 1.54) is 9.87 Å². The van der Waals surface area contributed by atoms with Crippen LogP contribution in [-0.2, 0) is 39.1 Å². The summed E-state index contributed by atoms with van der Waals surface area (Å²) in [7, 11) is -3.64. The number of nitrogens with zero attached hydrogens (tertiary/aromatic N) is 3. The van der Waals surface area contributed by atoms with Crippen LogP contribution in [0.15, 0.2) is 71.6 Å². The third-order valence-electron chi connectivity index (χ3n) is 9.34. The van der Waals surface area contributed by atoms with Gasteiger partial charge in [0.05, 0.1) is 10.6 Å². The first-order valence-corrected chi connectivity index (χ1v) is 16.4. The highest BCUT2D eigenvalue weighted by Crippen LogP contribution is 2.35. The van der Waals surface area contributed by atoms with Gasteiger partial charge < -0.3 is 4.90 Å². The summed E-state index contributed by atoms with van der Waals surface area (Å²) in [5.74, 6) is -0.466. The zero-order valence-electron chi connectivity index (χ0n) is 23.9. The topological polar surface area (TPSA) is 107 Å². The average Bonchev–Trinajstić information content (AvgIpc) is 3.59. The summed E-state index contributed by atoms with van der Waals surface area (Å²) in [5.41, 5.74) is 5.60. The average molecular weight is 599 g/mol. The van der Waals surface area contributed by atoms with E-state index in [4.69, 9.17) is 0 Å². The quantitative estimate of drug-likeness (QED) is 0.435. The third kappa shape index (κ3) is 5.12. The van der Waals surface area contributed by atoms with Crippen molar-refractivity contribution in [3.05, 3.63) is 94.5 Å². The van der Waals surface area contributed by atoms with Crippen LogP contribution >= 0.6 is 0 Å². The Labute approximate surface area is 251 Å². The first-order valence-electron chi connectivity index (χ1n) is 15.0. The molecule has 1 atom stereocenters. The number of carbonyl (C=O) groups excluding carboxylic acids is 3. The van der Waals surface area contributed by atoms with E-state index in [1.807, 2.05) is 54.6 Å². The molecule has 0 saturated carbocycles. The first-order chi connectivity index (χ1) is 20.8. The second kappa shape index (κ2) is 10.9. The van der Waals surface area contributed by atoms with Gasteiger partial charge in [-0.2, -0.15) is 0 Å². The lowest BCUT2D eigenvalue weighted by molar-refractivity contribution is -0.136. The second-order valence-corrected chi connectivity index (χ2v) is 13.8. The Bertz CT molecular complexity index is 1730. The number of rotatable bonds is 6. The van der Waals surface area contributed by atoms with Crippen molar-refractivity contribution in [3.63, 3.8) is 0 Å². The molecule has 4 heterocycles. The molecule has 0 bridgehead atoms. The van der Waals surface area contributed by atoms with Gasteiger partial charge in [0.1, 0.15) is 6.04 Å². The highest BCUT2D eigenvalue weighted by Gasteiger charge is 2.39. The molecule has 10 heteroatoms. The zero-order chi connectivity index (χ0) is 29.7. The molecule has 43 heavy (non-hydrogen) atoms. The van der Waals surface area contributed by atoms with Gasteiger partial charge in [0.25, 0.3) is 15.9 Å². The normalized spacial score (nSPS) is 21.2. The number of likely N-dealkylation sites (tertiary alicyclic amines) is 1. The van der Waals surface area contributed by atoms with Crippen LogP contribution in [0.1, 0.15) is 64.2 Å². The Morgan fingerprint density at radius 1 is 0.814 bits per heavy atom. The van der Waals surface area contributed by atoms with E-state index < -0.39 is 22.0 Å². The minimum atomic E-state index is -3.64. The van der Waals surface area contributed by atoms with Crippen LogP contribution in [0.3, 0.4) is 0 Å². The Kier molecular flexibility index (Phi) is 7.05. The highest BCUT2D eigenvalue weighted by molar-refractivity contribution is 7.92. The molecule has 4 aliphatic rings. The van der Waals surface area contributed by atoms with Gasteiger partial charge in [-0.15, -0.1) is 0 Å². The molecule has 1 unspecified atom stereocenters. The molecule has 3 aromatic carbocycles. The van der Waals surface area contributed by atoms with E-state index in [1.54, 1.807) is 11.0 Å². The van der Waals surface area contributed by atoms with Crippen LogP contribution in [0.25, 0.3) is 0 Å². The number of hydrogen-bond acceptors (Lipinski definition) is 6. The maximum absolute atomic E-state index is 13.5. The van der Waals surface area contributed by atoms with Crippen molar-refractivity contribution < 1.29 is 22.8 Å². The highest BCUT2D eigenvalue weighted by atomic mass is 32.2. The van der Waals surface area contributed by atoms with E-state index in [-0.39, 0.29) is 18.2 Å². The van der Waals surface area contributed by atoms with Gasteiger partial charge in [-0.05, 0) is 91.2 Å². The van der Waals surface area contributed by atoms with Crippen molar-refractivity contribution >= 4 is 33.4 Å². The minimum absolute atomic E-state index is 0.149. The Hall–Kier alpha value is -4.02.